The predicted octanol–water partition coefficient (Wildman–Crippen LogP) is 5.42. The van der Waals surface area contributed by atoms with Gasteiger partial charge in [-0.2, -0.15) is 5.10 Å². The molecule has 7 rings (SSSR count). The summed E-state index contributed by atoms with van der Waals surface area (Å²) in [4.78, 5) is 8.60. The summed E-state index contributed by atoms with van der Waals surface area (Å²) < 4.78 is 21.9. The highest BCUT2D eigenvalue weighted by molar-refractivity contribution is 5.84. The van der Waals surface area contributed by atoms with E-state index in [1.54, 1.807) is 6.20 Å². The minimum atomic E-state index is -0.854. The Balaban J connectivity index is 1.33. The van der Waals surface area contributed by atoms with Crippen LogP contribution in [0.5, 0.6) is 0 Å². The first kappa shape index (κ1) is 25.6. The average molecular weight is 546 g/mol. The lowest BCUT2D eigenvalue weighted by Crippen LogP contribution is -2.35. The molecule has 0 spiro atoms. The Labute approximate surface area is 238 Å². The van der Waals surface area contributed by atoms with Crippen molar-refractivity contribution in [3.8, 4) is 0 Å². The molecule has 0 bridgehead atoms. The maximum atomic E-state index is 7.14. The van der Waals surface area contributed by atoms with E-state index in [0.717, 1.165) is 22.3 Å². The molecule has 0 saturated carbocycles. The molecule has 1 saturated heterocycles. The molecule has 3 atom stereocenters. The van der Waals surface area contributed by atoms with Crippen molar-refractivity contribution in [1.82, 2.24) is 19.7 Å². The second kappa shape index (κ2) is 9.92. The summed E-state index contributed by atoms with van der Waals surface area (Å²) in [5, 5.41) is 5.35. The van der Waals surface area contributed by atoms with Crippen molar-refractivity contribution < 1.29 is 14.2 Å². The van der Waals surface area contributed by atoms with Crippen LogP contribution in [-0.2, 0) is 19.8 Å². The Kier molecular flexibility index (Phi) is 6.19. The molecule has 206 valence electrons. The number of fused-ring (bicyclic) bond motifs is 2. The third kappa shape index (κ3) is 4.32. The molecule has 0 unspecified atom stereocenters. The third-order valence-electron chi connectivity index (χ3n) is 7.92. The van der Waals surface area contributed by atoms with Crippen LogP contribution in [0.2, 0.25) is 0 Å². The first-order valence-corrected chi connectivity index (χ1v) is 13.8. The van der Waals surface area contributed by atoms with Crippen molar-refractivity contribution in [3.63, 3.8) is 0 Å². The van der Waals surface area contributed by atoms with E-state index in [-0.39, 0.29) is 18.2 Å². The molecule has 0 radical (unpaired) electrons. The summed E-state index contributed by atoms with van der Waals surface area (Å²) in [5.74, 6) is -0.370. The van der Waals surface area contributed by atoms with Gasteiger partial charge in [0.25, 0.3) is 0 Å². The zero-order chi connectivity index (χ0) is 28.0. The second-order valence-electron chi connectivity index (χ2n) is 10.9. The molecule has 1 aliphatic heterocycles. The van der Waals surface area contributed by atoms with Gasteiger partial charge in [0.15, 0.2) is 11.4 Å². The molecule has 3 aromatic carbocycles. The van der Waals surface area contributed by atoms with E-state index in [9.17, 15) is 0 Å². The minimum absolute atomic E-state index is 0.258. The molecule has 3 heterocycles. The number of rotatable bonds is 7. The third-order valence-corrected chi connectivity index (χ3v) is 7.92. The number of hydrogen-bond donors (Lipinski definition) is 1. The standard InChI is InChI=1S/C33H31N5O3/c1-32(2)40-28-22(18-27(29(28)41-32)38-31-26(19-37-38)30(34)35-21-36-31)20-39-33(23-12-6-3-7-13-23,24-14-8-4-9-15-24)25-16-10-5-11-17-25/h3-19,21,27-29H,20H2,1-2H3,(H2,34,35,36)/t27-,28-,29+/m1/s1. The number of nitrogens with zero attached hydrogens (tertiary/aromatic N) is 4. The summed E-state index contributed by atoms with van der Waals surface area (Å²) in [6.45, 7) is 4.18. The van der Waals surface area contributed by atoms with Crippen LogP contribution >= 0.6 is 0 Å². The lowest BCUT2D eigenvalue weighted by molar-refractivity contribution is -0.148. The van der Waals surface area contributed by atoms with Gasteiger partial charge in [0.1, 0.15) is 36.0 Å². The number of anilines is 1. The maximum Gasteiger partial charge on any atom is 0.164 e. The number of aromatic nitrogens is 4. The second-order valence-corrected chi connectivity index (χ2v) is 10.9. The van der Waals surface area contributed by atoms with Gasteiger partial charge >= 0.3 is 0 Å². The fourth-order valence-electron chi connectivity index (χ4n) is 6.13. The molecule has 2 aromatic heterocycles. The molecule has 2 aliphatic rings. The van der Waals surface area contributed by atoms with Crippen LogP contribution in [0.1, 0.15) is 36.6 Å². The Morgan fingerprint density at radius 2 is 1.44 bits per heavy atom. The van der Waals surface area contributed by atoms with Gasteiger partial charge in [-0.3, -0.25) is 0 Å². The molecular formula is C33H31N5O3. The molecule has 2 N–H and O–H groups in total. The van der Waals surface area contributed by atoms with Crippen molar-refractivity contribution >= 4 is 16.9 Å². The number of ether oxygens (including phenoxy) is 3. The van der Waals surface area contributed by atoms with Crippen LogP contribution in [0.15, 0.2) is 115 Å². The summed E-state index contributed by atoms with van der Waals surface area (Å²) in [5.41, 5.74) is 10.0. The first-order chi connectivity index (χ1) is 20.0. The average Bonchev–Trinajstić information content (AvgIpc) is 3.67. The highest BCUT2D eigenvalue weighted by Crippen LogP contribution is 2.46. The number of nitrogen functional groups attached to an aromatic ring is 1. The molecule has 1 fully saturated rings. The van der Waals surface area contributed by atoms with Crippen LogP contribution in [0, 0.1) is 0 Å². The summed E-state index contributed by atoms with van der Waals surface area (Å²) >= 11 is 0. The Hall–Kier alpha value is -4.37. The lowest BCUT2D eigenvalue weighted by atomic mass is 9.80. The molecule has 8 heteroatoms. The lowest BCUT2D eigenvalue weighted by Gasteiger charge is -2.36. The molecule has 1 aliphatic carbocycles. The van der Waals surface area contributed by atoms with Gasteiger partial charge in [0.05, 0.1) is 18.2 Å². The van der Waals surface area contributed by atoms with Crippen molar-refractivity contribution in [2.45, 2.75) is 43.5 Å². The van der Waals surface area contributed by atoms with Gasteiger partial charge in [-0.15, -0.1) is 0 Å². The number of benzene rings is 3. The van der Waals surface area contributed by atoms with Crippen LogP contribution < -0.4 is 5.73 Å². The van der Waals surface area contributed by atoms with E-state index in [4.69, 9.17) is 19.9 Å². The highest BCUT2D eigenvalue weighted by atomic mass is 16.8. The number of nitrogens with two attached hydrogens (primary N) is 1. The van der Waals surface area contributed by atoms with Crippen LogP contribution in [-0.4, -0.2) is 44.4 Å². The largest absolute Gasteiger partial charge is 0.383 e. The van der Waals surface area contributed by atoms with Gasteiger partial charge in [-0.25, -0.2) is 14.6 Å². The fourth-order valence-corrected chi connectivity index (χ4v) is 6.13. The zero-order valence-corrected chi connectivity index (χ0v) is 22.9. The van der Waals surface area contributed by atoms with Crippen LogP contribution in [0.25, 0.3) is 11.0 Å². The van der Waals surface area contributed by atoms with Crippen molar-refractivity contribution in [2.75, 3.05) is 12.3 Å². The monoisotopic (exact) mass is 545 g/mol. The SMILES string of the molecule is CC1(C)O[C@@H]2[C@H](O1)C(COC(c1ccccc1)(c1ccccc1)c1ccccc1)=C[C@H]2n1ncc2c(N)ncnc21. The van der Waals surface area contributed by atoms with Gasteiger partial charge in [-0.05, 0) is 36.1 Å². The van der Waals surface area contributed by atoms with Crippen molar-refractivity contribution in [2.24, 2.45) is 0 Å². The molecule has 0 amide bonds. The number of hydrogen-bond acceptors (Lipinski definition) is 7. The Morgan fingerprint density at radius 3 is 2.02 bits per heavy atom. The quantitative estimate of drug-likeness (QED) is 0.215. The van der Waals surface area contributed by atoms with Gasteiger partial charge in [0.2, 0.25) is 0 Å². The summed E-state index contributed by atoms with van der Waals surface area (Å²) in [6, 6.07) is 30.8. The van der Waals surface area contributed by atoms with Gasteiger partial charge in [-0.1, -0.05) is 97.1 Å². The van der Waals surface area contributed by atoms with E-state index in [2.05, 4.69) is 57.5 Å². The van der Waals surface area contributed by atoms with Crippen molar-refractivity contribution in [3.05, 3.63) is 132 Å². The van der Waals surface area contributed by atoms with Crippen molar-refractivity contribution in [1.29, 1.82) is 0 Å². The topological polar surface area (TPSA) is 97.3 Å². The van der Waals surface area contributed by atoms with E-state index in [1.165, 1.54) is 6.33 Å². The van der Waals surface area contributed by atoms with E-state index in [1.807, 2.05) is 73.1 Å². The highest BCUT2D eigenvalue weighted by Gasteiger charge is 2.52. The summed E-state index contributed by atoms with van der Waals surface area (Å²) in [6.07, 6.45) is 4.69. The van der Waals surface area contributed by atoms with E-state index >= 15 is 0 Å². The normalized spacial score (nSPS) is 21.6. The zero-order valence-electron chi connectivity index (χ0n) is 22.9. The van der Waals surface area contributed by atoms with E-state index < -0.39 is 11.4 Å². The minimum Gasteiger partial charge on any atom is -0.383 e. The summed E-state index contributed by atoms with van der Waals surface area (Å²) in [7, 11) is 0. The fraction of sp³-hybridized carbons (Fsp3) is 0.242. The molecule has 5 aromatic rings. The Morgan fingerprint density at radius 1 is 0.854 bits per heavy atom. The maximum absolute atomic E-state index is 7.14. The first-order valence-electron chi connectivity index (χ1n) is 13.8. The van der Waals surface area contributed by atoms with Crippen LogP contribution in [0.4, 0.5) is 5.82 Å². The van der Waals surface area contributed by atoms with Crippen LogP contribution in [0.3, 0.4) is 0 Å². The van der Waals surface area contributed by atoms with Gasteiger partial charge < -0.3 is 19.9 Å². The van der Waals surface area contributed by atoms with Gasteiger partial charge in [0, 0.05) is 0 Å². The Bertz CT molecular complexity index is 1610. The molecular weight excluding hydrogens is 514 g/mol. The molecule has 41 heavy (non-hydrogen) atoms. The van der Waals surface area contributed by atoms with E-state index in [0.29, 0.717) is 23.5 Å². The molecule has 8 nitrogen and oxygen atoms in total. The predicted molar refractivity (Wildman–Crippen MR) is 156 cm³/mol. The smallest absolute Gasteiger partial charge is 0.164 e.